The predicted octanol–water partition coefficient (Wildman–Crippen LogP) is 7.73. The van der Waals surface area contributed by atoms with E-state index >= 15 is 0 Å². The van der Waals surface area contributed by atoms with Crippen LogP contribution in [-0.4, -0.2) is 34.2 Å². The quantitative estimate of drug-likeness (QED) is 0.197. The number of nitrogens with one attached hydrogen (secondary N) is 2. The summed E-state index contributed by atoms with van der Waals surface area (Å²) in [7, 11) is 0. The van der Waals surface area contributed by atoms with E-state index in [1.807, 2.05) is 43.3 Å². The number of esters is 1. The molecule has 0 radical (unpaired) electrons. The minimum atomic E-state index is -0.315. The van der Waals surface area contributed by atoms with Crippen LogP contribution >= 0.6 is 0 Å². The van der Waals surface area contributed by atoms with Gasteiger partial charge < -0.3 is 19.9 Å². The highest BCUT2D eigenvalue weighted by Crippen LogP contribution is 2.29. The lowest BCUT2D eigenvalue weighted by molar-refractivity contribution is 0.0527. The second-order valence-electron chi connectivity index (χ2n) is 10.8. The van der Waals surface area contributed by atoms with Crippen LogP contribution in [0.2, 0.25) is 0 Å². The number of unbranched alkanes of at least 4 members (excludes halogenated alkanes) is 1. The number of urea groups is 1. The third kappa shape index (κ3) is 6.79. The number of nitrogens with zero attached hydrogens (tertiary/aromatic N) is 2. The number of amides is 2. The summed E-state index contributed by atoms with van der Waals surface area (Å²) >= 11 is 0. The van der Waals surface area contributed by atoms with Gasteiger partial charge in [-0.1, -0.05) is 81.1 Å². The molecule has 0 bridgehead atoms. The summed E-state index contributed by atoms with van der Waals surface area (Å²) in [6.45, 7) is 4.96. The number of aromatic nitrogens is 2. The van der Waals surface area contributed by atoms with E-state index in [1.165, 1.54) is 19.3 Å². The number of para-hydroxylation sites is 1. The molecule has 7 heteroatoms. The standard InChI is InChI=1S/C34H40N4O3/c1-3-5-18-31-36-29-16-11-17-30(37-34(40)35-26-12-7-6-8-13-26)32(29)38(31)23-24-19-21-25(22-20-24)27-14-9-10-15-28(27)33(39)41-4-2/h9-11,14-17,19-22,26H,3-8,12-13,18,23H2,1-2H3,(H2,35,37,40). The van der Waals surface area contributed by atoms with Crippen molar-refractivity contribution in [1.29, 1.82) is 0 Å². The fourth-order valence-electron chi connectivity index (χ4n) is 5.72. The van der Waals surface area contributed by atoms with Crippen molar-refractivity contribution in [3.8, 4) is 11.1 Å². The Bertz CT molecular complexity index is 1490. The van der Waals surface area contributed by atoms with Gasteiger partial charge in [-0.2, -0.15) is 0 Å². The molecule has 1 heterocycles. The molecule has 2 N–H and O–H groups in total. The highest BCUT2D eigenvalue weighted by molar-refractivity contribution is 5.99. The van der Waals surface area contributed by atoms with Crippen molar-refractivity contribution in [2.24, 2.45) is 0 Å². The molecule has 4 aromatic rings. The van der Waals surface area contributed by atoms with Gasteiger partial charge in [0.15, 0.2) is 0 Å². The first-order valence-electron chi connectivity index (χ1n) is 15.0. The van der Waals surface area contributed by atoms with Crippen molar-refractivity contribution in [3.63, 3.8) is 0 Å². The topological polar surface area (TPSA) is 85.3 Å². The molecule has 1 saturated carbocycles. The summed E-state index contributed by atoms with van der Waals surface area (Å²) in [4.78, 5) is 30.5. The van der Waals surface area contributed by atoms with E-state index in [1.54, 1.807) is 6.07 Å². The van der Waals surface area contributed by atoms with Crippen LogP contribution < -0.4 is 10.6 Å². The van der Waals surface area contributed by atoms with Crippen molar-refractivity contribution in [1.82, 2.24) is 14.9 Å². The van der Waals surface area contributed by atoms with Crippen LogP contribution in [0.1, 0.15) is 80.5 Å². The molecule has 3 aromatic carbocycles. The molecule has 1 fully saturated rings. The van der Waals surface area contributed by atoms with Gasteiger partial charge in [0.1, 0.15) is 5.82 Å². The van der Waals surface area contributed by atoms with E-state index in [0.29, 0.717) is 18.7 Å². The molecule has 0 aliphatic heterocycles. The fourth-order valence-corrected chi connectivity index (χ4v) is 5.72. The average molecular weight is 553 g/mol. The molecular formula is C34H40N4O3. The first kappa shape index (κ1) is 28.4. The van der Waals surface area contributed by atoms with Gasteiger partial charge in [0, 0.05) is 19.0 Å². The Morgan fingerprint density at radius 3 is 2.49 bits per heavy atom. The zero-order valence-electron chi connectivity index (χ0n) is 24.1. The summed E-state index contributed by atoms with van der Waals surface area (Å²) < 4.78 is 7.51. The third-order valence-corrected chi connectivity index (χ3v) is 7.82. The molecule has 2 amide bonds. The van der Waals surface area contributed by atoms with Crippen molar-refractivity contribution in [2.45, 2.75) is 77.8 Å². The lowest BCUT2D eigenvalue weighted by atomic mass is 9.96. The van der Waals surface area contributed by atoms with Gasteiger partial charge in [-0.25, -0.2) is 14.6 Å². The molecule has 7 nitrogen and oxygen atoms in total. The Kier molecular flexibility index (Phi) is 9.34. The number of benzene rings is 3. The van der Waals surface area contributed by atoms with Gasteiger partial charge >= 0.3 is 12.0 Å². The van der Waals surface area contributed by atoms with Crippen molar-refractivity contribution in [2.75, 3.05) is 11.9 Å². The van der Waals surface area contributed by atoms with Gasteiger partial charge in [-0.3, -0.25) is 0 Å². The number of carbonyl (C=O) groups is 2. The number of ether oxygens (including phenoxy) is 1. The molecule has 1 aliphatic rings. The Balaban J connectivity index is 1.43. The first-order chi connectivity index (χ1) is 20.1. The molecule has 214 valence electrons. The normalized spacial score (nSPS) is 13.7. The summed E-state index contributed by atoms with van der Waals surface area (Å²) in [6.07, 6.45) is 8.64. The second-order valence-corrected chi connectivity index (χ2v) is 10.8. The predicted molar refractivity (Wildman–Crippen MR) is 164 cm³/mol. The number of hydrogen-bond acceptors (Lipinski definition) is 4. The third-order valence-electron chi connectivity index (χ3n) is 7.82. The van der Waals surface area contributed by atoms with Crippen LogP contribution in [-0.2, 0) is 17.7 Å². The number of imidazole rings is 1. The Morgan fingerprint density at radius 2 is 1.73 bits per heavy atom. The van der Waals surface area contributed by atoms with Crippen LogP contribution in [0.4, 0.5) is 10.5 Å². The van der Waals surface area contributed by atoms with Crippen molar-refractivity contribution >= 4 is 28.7 Å². The molecule has 0 atom stereocenters. The number of aryl methyl sites for hydroxylation is 1. The Morgan fingerprint density at radius 1 is 0.951 bits per heavy atom. The van der Waals surface area contributed by atoms with Crippen LogP contribution in [0.5, 0.6) is 0 Å². The number of carbonyl (C=O) groups excluding carboxylic acids is 2. The maximum atomic E-state index is 13.0. The van der Waals surface area contributed by atoms with Crippen molar-refractivity contribution in [3.05, 3.63) is 83.7 Å². The molecule has 41 heavy (non-hydrogen) atoms. The number of hydrogen-bond donors (Lipinski definition) is 2. The van der Waals surface area contributed by atoms with E-state index in [4.69, 9.17) is 9.72 Å². The van der Waals surface area contributed by atoms with E-state index in [2.05, 4.69) is 46.4 Å². The number of anilines is 1. The lowest BCUT2D eigenvalue weighted by Crippen LogP contribution is -2.39. The molecule has 0 unspecified atom stereocenters. The van der Waals surface area contributed by atoms with E-state index in [0.717, 1.165) is 71.3 Å². The smallest absolute Gasteiger partial charge is 0.338 e. The average Bonchev–Trinajstić information content (AvgIpc) is 3.35. The van der Waals surface area contributed by atoms with Crippen LogP contribution in [0.15, 0.2) is 66.7 Å². The maximum absolute atomic E-state index is 13.0. The molecule has 0 spiro atoms. The molecule has 1 aliphatic carbocycles. The summed E-state index contributed by atoms with van der Waals surface area (Å²) in [6, 6.07) is 21.8. The van der Waals surface area contributed by atoms with Crippen LogP contribution in [0.3, 0.4) is 0 Å². The fraction of sp³-hybridized carbons (Fsp3) is 0.382. The molecule has 0 saturated heterocycles. The van der Waals surface area contributed by atoms with E-state index < -0.39 is 0 Å². The number of fused-ring (bicyclic) bond motifs is 1. The lowest BCUT2D eigenvalue weighted by Gasteiger charge is -2.23. The largest absolute Gasteiger partial charge is 0.462 e. The number of rotatable bonds is 10. The summed E-state index contributed by atoms with van der Waals surface area (Å²) in [5.74, 6) is 0.700. The zero-order chi connectivity index (χ0) is 28.6. The summed E-state index contributed by atoms with van der Waals surface area (Å²) in [5.41, 5.74) is 6.07. The highest BCUT2D eigenvalue weighted by Gasteiger charge is 2.19. The Labute approximate surface area is 242 Å². The molecular weight excluding hydrogens is 512 g/mol. The first-order valence-corrected chi connectivity index (χ1v) is 15.0. The molecule has 1 aromatic heterocycles. The van der Waals surface area contributed by atoms with Gasteiger partial charge in [0.05, 0.1) is 28.9 Å². The van der Waals surface area contributed by atoms with Gasteiger partial charge in [0.2, 0.25) is 0 Å². The van der Waals surface area contributed by atoms with Gasteiger partial charge in [0.25, 0.3) is 0 Å². The van der Waals surface area contributed by atoms with Gasteiger partial charge in [-0.05, 0) is 61.1 Å². The molecule has 5 rings (SSSR count). The monoisotopic (exact) mass is 552 g/mol. The minimum absolute atomic E-state index is 0.156. The zero-order valence-corrected chi connectivity index (χ0v) is 24.1. The Hall–Kier alpha value is -4.13. The maximum Gasteiger partial charge on any atom is 0.338 e. The SMILES string of the molecule is CCCCc1nc2cccc(NC(=O)NC3CCCCC3)c2n1Cc1ccc(-c2ccccc2C(=O)OCC)cc1. The van der Waals surface area contributed by atoms with Gasteiger partial charge in [-0.15, -0.1) is 0 Å². The van der Waals surface area contributed by atoms with Crippen LogP contribution in [0.25, 0.3) is 22.2 Å². The van der Waals surface area contributed by atoms with E-state index in [9.17, 15) is 9.59 Å². The highest BCUT2D eigenvalue weighted by atomic mass is 16.5. The summed E-state index contributed by atoms with van der Waals surface area (Å²) in [5, 5.41) is 6.30. The van der Waals surface area contributed by atoms with Crippen LogP contribution in [0, 0.1) is 0 Å². The minimum Gasteiger partial charge on any atom is -0.462 e. The van der Waals surface area contributed by atoms with E-state index in [-0.39, 0.29) is 18.0 Å². The second kappa shape index (κ2) is 13.5. The van der Waals surface area contributed by atoms with Crippen molar-refractivity contribution < 1.29 is 14.3 Å².